The second kappa shape index (κ2) is 4.29. The first kappa shape index (κ1) is 10.1. The molecule has 0 aromatic carbocycles. The van der Waals surface area contributed by atoms with E-state index in [0.717, 1.165) is 17.7 Å². The lowest BCUT2D eigenvalue weighted by molar-refractivity contribution is 0.619. The fourth-order valence-electron chi connectivity index (χ4n) is 1.22. The van der Waals surface area contributed by atoms with Crippen LogP contribution in [0.25, 0.3) is 0 Å². The molecule has 3 nitrogen and oxygen atoms in total. The third kappa shape index (κ3) is 2.02. The molecular formula is C9H12ClN3. The summed E-state index contributed by atoms with van der Waals surface area (Å²) >= 11 is 6.02. The Morgan fingerprint density at radius 2 is 2.31 bits per heavy atom. The Kier molecular flexibility index (Phi) is 3.32. The Bertz CT molecular complexity index is 335. The molecule has 0 radical (unpaired) electrons. The van der Waals surface area contributed by atoms with Gasteiger partial charge in [-0.1, -0.05) is 18.5 Å². The van der Waals surface area contributed by atoms with Gasteiger partial charge >= 0.3 is 0 Å². The van der Waals surface area contributed by atoms with Crippen molar-refractivity contribution in [2.45, 2.75) is 33.2 Å². The van der Waals surface area contributed by atoms with Crippen molar-refractivity contribution in [3.8, 4) is 6.07 Å². The summed E-state index contributed by atoms with van der Waals surface area (Å²) in [4.78, 5) is 0. The molecule has 1 aromatic rings. The molecule has 0 fully saturated rings. The fourth-order valence-corrected chi connectivity index (χ4v) is 1.45. The first-order valence-corrected chi connectivity index (χ1v) is 4.67. The van der Waals surface area contributed by atoms with E-state index < -0.39 is 0 Å². The maximum absolute atomic E-state index is 8.42. The van der Waals surface area contributed by atoms with E-state index in [1.54, 1.807) is 4.68 Å². The molecule has 1 rings (SSSR count). The monoisotopic (exact) mass is 197 g/mol. The van der Waals surface area contributed by atoms with Crippen LogP contribution in [0.3, 0.4) is 0 Å². The standard InChI is InChI=1S/C9H12ClN3/c1-3-8-7(2)9(10)13(12-8)6-4-5-11/h3-4,6H2,1-2H3. The molecule has 0 amide bonds. The summed E-state index contributed by atoms with van der Waals surface area (Å²) in [5.74, 6) is 0. The van der Waals surface area contributed by atoms with Crippen LogP contribution < -0.4 is 0 Å². The van der Waals surface area contributed by atoms with E-state index in [9.17, 15) is 0 Å². The maximum Gasteiger partial charge on any atom is 0.130 e. The molecule has 0 bridgehead atoms. The van der Waals surface area contributed by atoms with Gasteiger partial charge in [-0.15, -0.1) is 0 Å². The molecule has 4 heteroatoms. The van der Waals surface area contributed by atoms with Gasteiger partial charge in [-0.3, -0.25) is 4.68 Å². The number of halogens is 1. The minimum Gasteiger partial charge on any atom is -0.252 e. The third-order valence-electron chi connectivity index (χ3n) is 1.98. The summed E-state index contributed by atoms with van der Waals surface area (Å²) in [6.07, 6.45) is 1.33. The maximum atomic E-state index is 8.42. The van der Waals surface area contributed by atoms with Crippen LogP contribution in [-0.4, -0.2) is 9.78 Å². The first-order chi connectivity index (χ1) is 6.20. The van der Waals surface area contributed by atoms with E-state index in [1.807, 2.05) is 13.8 Å². The normalized spacial score (nSPS) is 10.0. The predicted octanol–water partition coefficient (Wildman–Crippen LogP) is 2.32. The van der Waals surface area contributed by atoms with Gasteiger partial charge in [0.1, 0.15) is 5.15 Å². The summed E-state index contributed by atoms with van der Waals surface area (Å²) in [6, 6.07) is 2.07. The van der Waals surface area contributed by atoms with E-state index in [1.165, 1.54) is 0 Å². The van der Waals surface area contributed by atoms with Crippen LogP contribution in [0.2, 0.25) is 5.15 Å². The second-order valence-electron chi connectivity index (χ2n) is 2.85. The van der Waals surface area contributed by atoms with Crippen LogP contribution in [0.4, 0.5) is 0 Å². The molecule has 0 aliphatic carbocycles. The summed E-state index contributed by atoms with van der Waals surface area (Å²) in [5.41, 5.74) is 2.05. The van der Waals surface area contributed by atoms with Crippen LogP contribution in [0, 0.1) is 18.3 Å². The zero-order valence-electron chi connectivity index (χ0n) is 7.84. The van der Waals surface area contributed by atoms with Crippen LogP contribution in [0.5, 0.6) is 0 Å². The van der Waals surface area contributed by atoms with E-state index in [0.29, 0.717) is 18.1 Å². The van der Waals surface area contributed by atoms with Gasteiger partial charge < -0.3 is 0 Å². The van der Waals surface area contributed by atoms with Crippen LogP contribution in [-0.2, 0) is 13.0 Å². The van der Waals surface area contributed by atoms with Gasteiger partial charge in [-0.05, 0) is 13.3 Å². The highest BCUT2D eigenvalue weighted by atomic mass is 35.5. The number of hydrogen-bond acceptors (Lipinski definition) is 2. The van der Waals surface area contributed by atoms with Crippen molar-refractivity contribution in [2.24, 2.45) is 0 Å². The zero-order chi connectivity index (χ0) is 9.84. The molecule has 1 heterocycles. The highest BCUT2D eigenvalue weighted by molar-refractivity contribution is 6.30. The molecule has 0 spiro atoms. The van der Waals surface area contributed by atoms with Crippen molar-refractivity contribution in [3.63, 3.8) is 0 Å². The van der Waals surface area contributed by atoms with Crippen molar-refractivity contribution in [3.05, 3.63) is 16.4 Å². The van der Waals surface area contributed by atoms with Crippen molar-refractivity contribution in [1.29, 1.82) is 5.26 Å². The number of nitriles is 1. The highest BCUT2D eigenvalue weighted by Crippen LogP contribution is 2.19. The predicted molar refractivity (Wildman–Crippen MR) is 51.6 cm³/mol. The van der Waals surface area contributed by atoms with Gasteiger partial charge in [0.25, 0.3) is 0 Å². The lowest BCUT2D eigenvalue weighted by Gasteiger charge is -1.97. The number of nitrogens with zero attached hydrogens (tertiary/aromatic N) is 3. The Hall–Kier alpha value is -1.01. The van der Waals surface area contributed by atoms with Crippen molar-refractivity contribution < 1.29 is 0 Å². The van der Waals surface area contributed by atoms with Gasteiger partial charge in [0.2, 0.25) is 0 Å². The van der Waals surface area contributed by atoms with Crippen molar-refractivity contribution >= 4 is 11.6 Å². The lowest BCUT2D eigenvalue weighted by atomic mass is 10.2. The highest BCUT2D eigenvalue weighted by Gasteiger charge is 2.09. The van der Waals surface area contributed by atoms with E-state index in [-0.39, 0.29) is 0 Å². The quantitative estimate of drug-likeness (QED) is 0.746. The van der Waals surface area contributed by atoms with Gasteiger partial charge in [-0.2, -0.15) is 10.4 Å². The van der Waals surface area contributed by atoms with E-state index in [4.69, 9.17) is 16.9 Å². The fraction of sp³-hybridized carbons (Fsp3) is 0.556. The topological polar surface area (TPSA) is 41.6 Å². The van der Waals surface area contributed by atoms with Gasteiger partial charge in [-0.25, -0.2) is 0 Å². The SMILES string of the molecule is CCc1nn(CCC#N)c(Cl)c1C. The minimum absolute atomic E-state index is 0.448. The minimum atomic E-state index is 0.448. The summed E-state index contributed by atoms with van der Waals surface area (Å²) in [5, 5.41) is 13.4. The molecule has 0 saturated heterocycles. The second-order valence-corrected chi connectivity index (χ2v) is 3.21. The van der Waals surface area contributed by atoms with E-state index in [2.05, 4.69) is 11.2 Å². The molecule has 1 aromatic heterocycles. The third-order valence-corrected chi connectivity index (χ3v) is 2.46. The van der Waals surface area contributed by atoms with Crippen LogP contribution in [0.1, 0.15) is 24.6 Å². The van der Waals surface area contributed by atoms with Crippen LogP contribution in [0.15, 0.2) is 0 Å². The smallest absolute Gasteiger partial charge is 0.130 e. The van der Waals surface area contributed by atoms with Crippen molar-refractivity contribution in [1.82, 2.24) is 9.78 Å². The Balaban J connectivity index is 2.90. The zero-order valence-corrected chi connectivity index (χ0v) is 8.60. The van der Waals surface area contributed by atoms with Crippen molar-refractivity contribution in [2.75, 3.05) is 0 Å². The molecule has 0 atom stereocenters. The molecule has 0 N–H and O–H groups in total. The molecule has 0 aliphatic rings. The Labute approximate surface area is 82.9 Å². The Morgan fingerprint density at radius 3 is 2.77 bits per heavy atom. The molecule has 70 valence electrons. The number of aromatic nitrogens is 2. The Morgan fingerprint density at radius 1 is 1.62 bits per heavy atom. The molecule has 0 aliphatic heterocycles. The summed E-state index contributed by atoms with van der Waals surface area (Å²) < 4.78 is 1.69. The van der Waals surface area contributed by atoms with E-state index >= 15 is 0 Å². The number of aryl methyl sites for hydroxylation is 2. The molecule has 0 saturated carbocycles. The largest absolute Gasteiger partial charge is 0.252 e. The lowest BCUT2D eigenvalue weighted by Crippen LogP contribution is -1.99. The average molecular weight is 198 g/mol. The van der Waals surface area contributed by atoms with Gasteiger partial charge in [0, 0.05) is 5.56 Å². The molecule has 0 unspecified atom stereocenters. The molecular weight excluding hydrogens is 186 g/mol. The van der Waals surface area contributed by atoms with Gasteiger partial charge in [0.05, 0.1) is 24.7 Å². The van der Waals surface area contributed by atoms with Gasteiger partial charge in [0.15, 0.2) is 0 Å². The number of hydrogen-bond donors (Lipinski definition) is 0. The number of rotatable bonds is 3. The average Bonchev–Trinajstić information content (AvgIpc) is 2.41. The summed E-state index contributed by atoms with van der Waals surface area (Å²) in [7, 11) is 0. The summed E-state index contributed by atoms with van der Waals surface area (Å²) in [6.45, 7) is 4.58. The van der Waals surface area contributed by atoms with Crippen LogP contribution >= 0.6 is 11.6 Å². The molecule has 13 heavy (non-hydrogen) atoms. The first-order valence-electron chi connectivity index (χ1n) is 4.29.